The van der Waals surface area contributed by atoms with Crippen molar-refractivity contribution in [2.24, 2.45) is 7.05 Å². The van der Waals surface area contributed by atoms with Crippen LogP contribution in [0.15, 0.2) is 54.2 Å². The summed E-state index contributed by atoms with van der Waals surface area (Å²) < 4.78 is 2.09. The molecule has 1 heterocycles. The molecule has 3 nitrogen and oxygen atoms in total. The lowest BCUT2D eigenvalue weighted by molar-refractivity contribution is 0.102. The Morgan fingerprint density at radius 1 is 1.12 bits per heavy atom. The van der Waals surface area contributed by atoms with Crippen molar-refractivity contribution < 1.29 is 9.90 Å². The van der Waals surface area contributed by atoms with Crippen LogP contribution in [0, 0.1) is 0 Å². The summed E-state index contributed by atoms with van der Waals surface area (Å²) in [5.41, 5.74) is 5.68. The largest absolute Gasteiger partial charge is 0.392 e. The van der Waals surface area contributed by atoms with Gasteiger partial charge in [0, 0.05) is 35.3 Å². The third kappa shape index (κ3) is 2.47. The molecule has 0 saturated heterocycles. The average Bonchev–Trinajstić information content (AvgIpc) is 2.98. The Morgan fingerprint density at radius 3 is 2.83 bits per heavy atom. The van der Waals surface area contributed by atoms with Gasteiger partial charge < -0.3 is 9.67 Å². The number of allylic oxidation sites excluding steroid dienone is 1. The van der Waals surface area contributed by atoms with E-state index in [4.69, 9.17) is 0 Å². The van der Waals surface area contributed by atoms with Gasteiger partial charge in [-0.05, 0) is 59.9 Å². The van der Waals surface area contributed by atoms with Gasteiger partial charge in [-0.3, -0.25) is 4.79 Å². The van der Waals surface area contributed by atoms with Crippen LogP contribution in [0.5, 0.6) is 0 Å². The van der Waals surface area contributed by atoms with E-state index in [1.54, 1.807) is 0 Å². The Hall–Kier alpha value is -2.65. The third-order valence-electron chi connectivity index (χ3n) is 4.81. The molecule has 2 aromatic carbocycles. The lowest BCUT2D eigenvalue weighted by Gasteiger charge is -2.18. The molecule has 24 heavy (non-hydrogen) atoms. The van der Waals surface area contributed by atoms with Gasteiger partial charge in [0.2, 0.25) is 0 Å². The van der Waals surface area contributed by atoms with Gasteiger partial charge in [0.25, 0.3) is 0 Å². The summed E-state index contributed by atoms with van der Waals surface area (Å²) in [5, 5.41) is 10.5. The second-order valence-electron chi connectivity index (χ2n) is 6.39. The smallest absolute Gasteiger partial charge is 0.189 e. The minimum atomic E-state index is -0.0374. The molecule has 0 amide bonds. The Balaban J connectivity index is 1.72. The number of carbonyl (C=O) groups excluding carboxylic acids is 1. The Kier molecular flexibility index (Phi) is 3.58. The van der Waals surface area contributed by atoms with E-state index in [1.165, 1.54) is 10.9 Å². The highest BCUT2D eigenvalue weighted by Crippen LogP contribution is 2.28. The number of aromatic nitrogens is 1. The fraction of sp³-hybridized carbons (Fsp3) is 0.190. The molecule has 0 bridgehead atoms. The van der Waals surface area contributed by atoms with Crippen LogP contribution >= 0.6 is 0 Å². The van der Waals surface area contributed by atoms with Crippen LogP contribution in [0.3, 0.4) is 0 Å². The molecule has 1 N–H and O–H groups in total. The summed E-state index contributed by atoms with van der Waals surface area (Å²) >= 11 is 0. The number of aliphatic hydroxyl groups is 1. The number of Topliss-reactive ketones (excluding diaryl/α,β-unsaturated/α-hetero) is 1. The number of carbonyl (C=O) groups is 1. The number of fused-ring (bicyclic) bond motifs is 2. The van der Waals surface area contributed by atoms with Gasteiger partial charge in [-0.2, -0.15) is 0 Å². The summed E-state index contributed by atoms with van der Waals surface area (Å²) in [7, 11) is 2.03. The van der Waals surface area contributed by atoms with Crippen LogP contribution < -0.4 is 0 Å². The molecule has 120 valence electrons. The zero-order valence-corrected chi connectivity index (χ0v) is 13.6. The number of hydrogen-bond donors (Lipinski definition) is 1. The predicted molar refractivity (Wildman–Crippen MR) is 95.9 cm³/mol. The first-order chi connectivity index (χ1) is 11.7. The number of aliphatic hydroxyl groups excluding tert-OH is 1. The van der Waals surface area contributed by atoms with Gasteiger partial charge in [0.15, 0.2) is 5.78 Å². The van der Waals surface area contributed by atoms with E-state index in [1.807, 2.05) is 37.5 Å². The molecule has 0 unspecified atom stereocenters. The van der Waals surface area contributed by atoms with Crippen LogP contribution in [0.2, 0.25) is 0 Å². The summed E-state index contributed by atoms with van der Waals surface area (Å²) in [5.74, 6) is 0.0831. The van der Waals surface area contributed by atoms with E-state index in [0.717, 1.165) is 40.7 Å². The minimum Gasteiger partial charge on any atom is -0.392 e. The predicted octanol–water partition coefficient (Wildman–Crippen LogP) is 3.88. The first kappa shape index (κ1) is 14.9. The van der Waals surface area contributed by atoms with E-state index in [2.05, 4.69) is 28.8 Å². The molecule has 0 spiro atoms. The Bertz CT molecular complexity index is 979. The van der Waals surface area contributed by atoms with Gasteiger partial charge in [0.1, 0.15) is 0 Å². The van der Waals surface area contributed by atoms with E-state index in [0.29, 0.717) is 0 Å². The number of benzene rings is 2. The molecule has 4 rings (SSSR count). The second kappa shape index (κ2) is 5.77. The van der Waals surface area contributed by atoms with E-state index >= 15 is 0 Å². The highest BCUT2D eigenvalue weighted by molar-refractivity contribution is 6.13. The summed E-state index contributed by atoms with van der Waals surface area (Å²) in [6.45, 7) is -0.0374. The van der Waals surface area contributed by atoms with E-state index in [9.17, 15) is 9.90 Å². The maximum absolute atomic E-state index is 12.8. The van der Waals surface area contributed by atoms with Crippen LogP contribution in [-0.2, 0) is 20.1 Å². The lowest BCUT2D eigenvalue weighted by Crippen LogP contribution is -2.14. The average molecular weight is 317 g/mol. The normalized spacial score (nSPS) is 15.9. The quantitative estimate of drug-likeness (QED) is 0.729. The van der Waals surface area contributed by atoms with Gasteiger partial charge in [0.05, 0.1) is 6.61 Å². The molecule has 0 fully saturated rings. The molecule has 0 atom stereocenters. The van der Waals surface area contributed by atoms with Gasteiger partial charge in [-0.15, -0.1) is 0 Å². The SMILES string of the molecule is Cn1ccc2cc(/C=C3\CCc4ccc(CO)cc4C3=O)ccc21. The standard InChI is InChI=1S/C21H19NO2/c1-22-9-8-17-10-14(3-7-20(17)22)11-18-6-5-16-4-2-15(13-23)12-19(16)21(18)24/h2-4,7-12,23H,5-6,13H2,1H3/b18-11+. The molecule has 1 aliphatic rings. The zero-order chi connectivity index (χ0) is 16.7. The van der Waals surface area contributed by atoms with Crippen molar-refractivity contribution in [3.05, 3.63) is 76.5 Å². The minimum absolute atomic E-state index is 0.0374. The van der Waals surface area contributed by atoms with Crippen molar-refractivity contribution in [2.45, 2.75) is 19.4 Å². The van der Waals surface area contributed by atoms with Crippen LogP contribution in [0.25, 0.3) is 17.0 Å². The van der Waals surface area contributed by atoms with Crippen molar-refractivity contribution in [3.63, 3.8) is 0 Å². The topological polar surface area (TPSA) is 42.2 Å². The Labute approximate surface area is 140 Å². The number of rotatable bonds is 2. The molecular formula is C21H19NO2. The number of nitrogens with zero attached hydrogens (tertiary/aromatic N) is 1. The fourth-order valence-electron chi connectivity index (χ4n) is 3.44. The van der Waals surface area contributed by atoms with Gasteiger partial charge >= 0.3 is 0 Å². The fourth-order valence-corrected chi connectivity index (χ4v) is 3.44. The maximum atomic E-state index is 12.8. The summed E-state index contributed by atoms with van der Waals surface area (Å²) in [6.07, 6.45) is 5.67. The number of aryl methyl sites for hydroxylation is 2. The highest BCUT2D eigenvalue weighted by Gasteiger charge is 2.22. The molecule has 3 heteroatoms. The van der Waals surface area contributed by atoms with Gasteiger partial charge in [-0.1, -0.05) is 18.2 Å². The molecule has 3 aromatic rings. The molecular weight excluding hydrogens is 298 g/mol. The summed E-state index contributed by atoms with van der Waals surface area (Å²) in [6, 6.07) is 14.0. The van der Waals surface area contributed by atoms with Crippen molar-refractivity contribution in [1.82, 2.24) is 4.57 Å². The summed E-state index contributed by atoms with van der Waals surface area (Å²) in [4.78, 5) is 12.8. The van der Waals surface area contributed by atoms with Gasteiger partial charge in [-0.25, -0.2) is 0 Å². The lowest BCUT2D eigenvalue weighted by atomic mass is 9.85. The van der Waals surface area contributed by atoms with Crippen molar-refractivity contribution in [3.8, 4) is 0 Å². The van der Waals surface area contributed by atoms with Crippen LogP contribution in [-0.4, -0.2) is 15.5 Å². The maximum Gasteiger partial charge on any atom is 0.189 e. The van der Waals surface area contributed by atoms with Crippen molar-refractivity contribution in [1.29, 1.82) is 0 Å². The zero-order valence-electron chi connectivity index (χ0n) is 13.6. The monoisotopic (exact) mass is 317 g/mol. The third-order valence-corrected chi connectivity index (χ3v) is 4.81. The number of hydrogen-bond acceptors (Lipinski definition) is 2. The van der Waals surface area contributed by atoms with Crippen molar-refractivity contribution in [2.75, 3.05) is 0 Å². The highest BCUT2D eigenvalue weighted by atomic mass is 16.3. The van der Waals surface area contributed by atoms with Crippen LogP contribution in [0.1, 0.15) is 33.5 Å². The Morgan fingerprint density at radius 2 is 2.00 bits per heavy atom. The second-order valence-corrected chi connectivity index (χ2v) is 6.39. The molecule has 0 aliphatic heterocycles. The van der Waals surface area contributed by atoms with Crippen molar-refractivity contribution >= 4 is 22.8 Å². The van der Waals surface area contributed by atoms with E-state index < -0.39 is 0 Å². The van der Waals surface area contributed by atoms with Crippen LogP contribution in [0.4, 0.5) is 0 Å². The first-order valence-electron chi connectivity index (χ1n) is 8.19. The first-order valence-corrected chi connectivity index (χ1v) is 8.19. The molecule has 0 saturated carbocycles. The molecule has 0 radical (unpaired) electrons. The molecule has 1 aromatic heterocycles. The molecule has 1 aliphatic carbocycles. The number of ketones is 1. The van der Waals surface area contributed by atoms with E-state index in [-0.39, 0.29) is 12.4 Å².